The number of esters is 1. The lowest BCUT2D eigenvalue weighted by atomic mass is 9.89. The van der Waals surface area contributed by atoms with E-state index in [0.29, 0.717) is 22.0 Å². The van der Waals surface area contributed by atoms with Gasteiger partial charge in [-0.1, -0.05) is 13.0 Å². The minimum absolute atomic E-state index is 0.0860. The molecule has 1 aliphatic carbocycles. The maximum atomic E-state index is 13.7. The van der Waals surface area contributed by atoms with Crippen molar-refractivity contribution in [2.45, 2.75) is 32.6 Å². The number of benzene rings is 1. The highest BCUT2D eigenvalue weighted by Crippen LogP contribution is 2.39. The summed E-state index contributed by atoms with van der Waals surface area (Å²) in [5.74, 6) is -1.09. The third kappa shape index (κ3) is 4.93. The van der Waals surface area contributed by atoms with E-state index in [1.54, 1.807) is 6.07 Å². The molecule has 0 radical (unpaired) electrons. The van der Waals surface area contributed by atoms with Crippen LogP contribution in [0.1, 0.15) is 34.9 Å². The van der Waals surface area contributed by atoms with Crippen LogP contribution in [0.2, 0.25) is 0 Å². The molecule has 0 aliphatic heterocycles. The van der Waals surface area contributed by atoms with Gasteiger partial charge in [0.1, 0.15) is 11.1 Å². The van der Waals surface area contributed by atoms with Gasteiger partial charge in [-0.25, -0.2) is 4.39 Å². The first-order chi connectivity index (χ1) is 13.9. The van der Waals surface area contributed by atoms with Gasteiger partial charge in [-0.3, -0.25) is 9.59 Å². The molecule has 0 saturated heterocycles. The van der Waals surface area contributed by atoms with Crippen molar-refractivity contribution < 1.29 is 23.5 Å². The predicted molar refractivity (Wildman–Crippen MR) is 106 cm³/mol. The molecule has 1 aromatic heterocycles. The fourth-order valence-electron chi connectivity index (χ4n) is 3.30. The molecule has 0 fully saturated rings. The number of nitrogens with zero attached hydrogens (tertiary/aromatic N) is 1. The van der Waals surface area contributed by atoms with Gasteiger partial charge in [0.2, 0.25) is 0 Å². The van der Waals surface area contributed by atoms with E-state index < -0.39 is 24.3 Å². The first kappa shape index (κ1) is 20.8. The summed E-state index contributed by atoms with van der Waals surface area (Å²) in [5.41, 5.74) is 1.94. The van der Waals surface area contributed by atoms with Crippen LogP contribution in [0.3, 0.4) is 0 Å². The van der Waals surface area contributed by atoms with Crippen molar-refractivity contribution in [1.29, 1.82) is 5.26 Å². The Morgan fingerprint density at radius 3 is 2.90 bits per heavy atom. The number of anilines is 1. The van der Waals surface area contributed by atoms with Crippen LogP contribution in [-0.4, -0.2) is 25.6 Å². The fourth-order valence-corrected chi connectivity index (χ4v) is 4.68. The maximum Gasteiger partial charge on any atom is 0.310 e. The van der Waals surface area contributed by atoms with Gasteiger partial charge in [-0.15, -0.1) is 11.3 Å². The second kappa shape index (κ2) is 9.05. The number of nitrogens with one attached hydrogen (secondary N) is 1. The van der Waals surface area contributed by atoms with Crippen LogP contribution in [0, 0.1) is 23.1 Å². The molecule has 3 rings (SSSR count). The van der Waals surface area contributed by atoms with E-state index in [4.69, 9.17) is 9.47 Å². The summed E-state index contributed by atoms with van der Waals surface area (Å²) in [7, 11) is 1.35. The zero-order valence-electron chi connectivity index (χ0n) is 16.2. The van der Waals surface area contributed by atoms with E-state index in [1.807, 2.05) is 0 Å². The molecule has 8 heteroatoms. The molecule has 1 aliphatic rings. The van der Waals surface area contributed by atoms with Crippen LogP contribution in [-0.2, 0) is 33.6 Å². The van der Waals surface area contributed by atoms with Gasteiger partial charge in [0.25, 0.3) is 5.91 Å². The number of hydrogen-bond acceptors (Lipinski definition) is 6. The number of hydrogen-bond donors (Lipinski definition) is 1. The number of carbonyl (C=O) groups excluding carboxylic acids is 2. The third-order valence-corrected chi connectivity index (χ3v) is 5.98. The quantitative estimate of drug-likeness (QED) is 0.727. The molecular formula is C21H21FN2O4S. The summed E-state index contributed by atoms with van der Waals surface area (Å²) in [4.78, 5) is 25.3. The van der Waals surface area contributed by atoms with E-state index in [-0.39, 0.29) is 12.2 Å². The Balaban J connectivity index is 1.56. The van der Waals surface area contributed by atoms with Crippen molar-refractivity contribution in [3.05, 3.63) is 45.6 Å². The fraction of sp³-hybridized carbons (Fsp3) is 0.381. The van der Waals surface area contributed by atoms with Crippen molar-refractivity contribution >= 4 is 28.2 Å². The Morgan fingerprint density at radius 1 is 1.41 bits per heavy atom. The van der Waals surface area contributed by atoms with Crippen molar-refractivity contribution in [1.82, 2.24) is 0 Å². The molecule has 1 N–H and O–H groups in total. The molecule has 0 saturated carbocycles. The average molecular weight is 416 g/mol. The largest absolute Gasteiger partial charge is 0.494 e. The monoisotopic (exact) mass is 416 g/mol. The van der Waals surface area contributed by atoms with E-state index >= 15 is 0 Å². The maximum absolute atomic E-state index is 13.7. The Kier molecular flexibility index (Phi) is 6.49. The highest BCUT2D eigenvalue weighted by atomic mass is 32.1. The second-order valence-electron chi connectivity index (χ2n) is 7.02. The van der Waals surface area contributed by atoms with Crippen molar-refractivity contribution in [2.24, 2.45) is 5.92 Å². The number of thiophene rings is 1. The average Bonchev–Trinajstić information content (AvgIpc) is 3.02. The van der Waals surface area contributed by atoms with E-state index in [1.165, 1.54) is 30.6 Å². The number of carbonyl (C=O) groups is 2. The molecule has 2 aromatic rings. The zero-order valence-corrected chi connectivity index (χ0v) is 17.0. The minimum atomic E-state index is -0.649. The standard InChI is InChI=1S/C21H21FN2O4S/c1-12-3-5-14-15(10-23)21(29-18(14)7-12)24-19(25)11-28-20(26)9-13-4-6-17(27-2)16(22)8-13/h4,6,8,12H,3,5,7,9,11H2,1-2H3,(H,24,25)/t12-/m0/s1. The van der Waals surface area contributed by atoms with Crippen LogP contribution < -0.4 is 10.1 Å². The summed E-state index contributed by atoms with van der Waals surface area (Å²) >= 11 is 1.41. The smallest absolute Gasteiger partial charge is 0.310 e. The number of methoxy groups -OCH3 is 1. The Hall–Kier alpha value is -2.92. The highest BCUT2D eigenvalue weighted by molar-refractivity contribution is 7.16. The van der Waals surface area contributed by atoms with Crippen LogP contribution >= 0.6 is 11.3 Å². The molecule has 1 aromatic carbocycles. The SMILES string of the molecule is COc1ccc(CC(=O)OCC(=O)Nc2sc3c(c2C#N)CC[C@H](C)C3)cc1F. The molecule has 0 unspecified atom stereocenters. The molecule has 1 heterocycles. The molecule has 29 heavy (non-hydrogen) atoms. The number of halogens is 1. The molecule has 1 atom stereocenters. The summed E-state index contributed by atoms with van der Waals surface area (Å²) in [6, 6.07) is 6.35. The van der Waals surface area contributed by atoms with Gasteiger partial charge in [-0.05, 0) is 48.4 Å². The van der Waals surface area contributed by atoms with E-state index in [9.17, 15) is 19.2 Å². The Morgan fingerprint density at radius 2 is 2.21 bits per heavy atom. The van der Waals surface area contributed by atoms with Gasteiger partial charge in [0.15, 0.2) is 18.2 Å². The first-order valence-corrected chi connectivity index (χ1v) is 10.1. The van der Waals surface area contributed by atoms with Crippen LogP contribution in [0.5, 0.6) is 5.75 Å². The number of nitriles is 1. The number of ether oxygens (including phenoxy) is 2. The zero-order chi connectivity index (χ0) is 21.0. The lowest BCUT2D eigenvalue weighted by Crippen LogP contribution is -2.21. The number of fused-ring (bicyclic) bond motifs is 1. The Bertz CT molecular complexity index is 980. The minimum Gasteiger partial charge on any atom is -0.494 e. The molecule has 0 spiro atoms. The van der Waals surface area contributed by atoms with Crippen LogP contribution in [0.15, 0.2) is 18.2 Å². The Labute approximate surface area is 172 Å². The normalized spacial score (nSPS) is 15.2. The van der Waals surface area contributed by atoms with Gasteiger partial charge in [-0.2, -0.15) is 5.26 Å². The van der Waals surface area contributed by atoms with Crippen LogP contribution in [0.4, 0.5) is 9.39 Å². The lowest BCUT2D eigenvalue weighted by molar-refractivity contribution is -0.146. The molecule has 1 amide bonds. The van der Waals surface area contributed by atoms with E-state index in [0.717, 1.165) is 29.7 Å². The summed E-state index contributed by atoms with van der Waals surface area (Å²) in [6.07, 6.45) is 2.59. The second-order valence-corrected chi connectivity index (χ2v) is 8.13. The van der Waals surface area contributed by atoms with Gasteiger partial charge < -0.3 is 14.8 Å². The summed E-state index contributed by atoms with van der Waals surface area (Å²) in [6.45, 7) is 1.70. The highest BCUT2D eigenvalue weighted by Gasteiger charge is 2.24. The molecule has 6 nitrogen and oxygen atoms in total. The van der Waals surface area contributed by atoms with Gasteiger partial charge in [0.05, 0.1) is 19.1 Å². The third-order valence-electron chi connectivity index (χ3n) is 4.81. The molecule has 0 bridgehead atoms. The molecular weight excluding hydrogens is 395 g/mol. The topological polar surface area (TPSA) is 88.4 Å². The number of rotatable bonds is 6. The lowest BCUT2D eigenvalue weighted by Gasteiger charge is -2.17. The van der Waals surface area contributed by atoms with Gasteiger partial charge >= 0.3 is 5.97 Å². The first-order valence-electron chi connectivity index (χ1n) is 9.23. The van der Waals surface area contributed by atoms with Crippen LogP contribution in [0.25, 0.3) is 0 Å². The van der Waals surface area contributed by atoms with Crippen molar-refractivity contribution in [3.8, 4) is 11.8 Å². The summed E-state index contributed by atoms with van der Waals surface area (Å²) < 4.78 is 23.5. The molecule has 152 valence electrons. The summed E-state index contributed by atoms with van der Waals surface area (Å²) in [5, 5.41) is 12.6. The van der Waals surface area contributed by atoms with Crippen molar-refractivity contribution in [3.63, 3.8) is 0 Å². The van der Waals surface area contributed by atoms with E-state index in [2.05, 4.69) is 18.3 Å². The van der Waals surface area contributed by atoms with Crippen molar-refractivity contribution in [2.75, 3.05) is 19.0 Å². The number of amides is 1. The van der Waals surface area contributed by atoms with Gasteiger partial charge in [0, 0.05) is 4.88 Å². The predicted octanol–water partition coefficient (Wildman–Crippen LogP) is 3.62.